The number of fused-ring (bicyclic) bond motifs is 2. The number of anilines is 2. The number of aromatic amines is 1. The normalized spacial score (nSPS) is 19.0. The van der Waals surface area contributed by atoms with E-state index in [1.54, 1.807) is 0 Å². The molecule has 0 fully saturated rings. The van der Waals surface area contributed by atoms with E-state index < -0.39 is 29.5 Å². The zero-order valence-electron chi connectivity index (χ0n) is 14.3. The Morgan fingerprint density at radius 2 is 1.92 bits per heavy atom. The minimum atomic E-state index is -4.75. The number of benzene rings is 1. The second kappa shape index (κ2) is 6.42. The maximum absolute atomic E-state index is 14.4. The van der Waals surface area contributed by atoms with Crippen molar-refractivity contribution >= 4 is 11.4 Å². The molecule has 0 bridgehead atoms. The molecule has 0 aliphatic carbocycles. The number of hydrogen-bond acceptors (Lipinski definition) is 3. The molecule has 0 saturated carbocycles. The second-order valence-corrected chi connectivity index (χ2v) is 6.84. The van der Waals surface area contributed by atoms with Crippen molar-refractivity contribution in [3.63, 3.8) is 0 Å². The molecule has 1 aromatic carbocycles. The van der Waals surface area contributed by atoms with Gasteiger partial charge < -0.3 is 15.6 Å². The predicted octanol–water partition coefficient (Wildman–Crippen LogP) is 3.67. The summed E-state index contributed by atoms with van der Waals surface area (Å²) in [5.41, 5.74) is -3.75. The lowest BCUT2D eigenvalue weighted by Gasteiger charge is -2.42. The molecule has 140 valence electrons. The highest BCUT2D eigenvalue weighted by molar-refractivity contribution is 5.76. The third-order valence-corrected chi connectivity index (χ3v) is 4.55. The number of aromatic nitrogens is 1. The van der Waals surface area contributed by atoms with E-state index in [4.69, 9.17) is 0 Å². The van der Waals surface area contributed by atoms with Crippen molar-refractivity contribution in [1.82, 2.24) is 10.3 Å². The highest BCUT2D eigenvalue weighted by Gasteiger charge is 2.60. The number of halogens is 4. The number of alkyl halides is 3. The van der Waals surface area contributed by atoms with E-state index in [1.165, 1.54) is 18.3 Å². The summed E-state index contributed by atoms with van der Waals surface area (Å²) in [5.74, 6) is -0.635. The average Bonchev–Trinajstić information content (AvgIpc) is 2.54. The lowest BCUT2D eigenvalue weighted by molar-refractivity contribution is -0.177. The first-order valence-electron chi connectivity index (χ1n) is 8.23. The van der Waals surface area contributed by atoms with Gasteiger partial charge in [-0.05, 0) is 42.3 Å². The van der Waals surface area contributed by atoms with Crippen molar-refractivity contribution in [1.29, 1.82) is 0 Å². The molecule has 1 aromatic heterocycles. The summed E-state index contributed by atoms with van der Waals surface area (Å²) in [4.78, 5) is 14.5. The molecule has 3 N–H and O–H groups in total. The van der Waals surface area contributed by atoms with Gasteiger partial charge in [-0.2, -0.15) is 13.2 Å². The molecule has 0 saturated heterocycles. The van der Waals surface area contributed by atoms with Crippen molar-refractivity contribution in [3.8, 4) is 0 Å². The van der Waals surface area contributed by atoms with Gasteiger partial charge in [-0.3, -0.25) is 4.79 Å². The van der Waals surface area contributed by atoms with Crippen LogP contribution in [0.1, 0.15) is 25.0 Å². The van der Waals surface area contributed by atoms with Crippen LogP contribution in [0.4, 0.5) is 28.9 Å². The summed E-state index contributed by atoms with van der Waals surface area (Å²) in [6.07, 6.45) is -3.57. The molecule has 0 spiro atoms. The summed E-state index contributed by atoms with van der Waals surface area (Å²) < 4.78 is 57.2. The topological polar surface area (TPSA) is 56.9 Å². The molecule has 26 heavy (non-hydrogen) atoms. The van der Waals surface area contributed by atoms with Gasteiger partial charge in [0.05, 0.1) is 0 Å². The number of nitrogens with one attached hydrogen (secondary N) is 3. The highest BCUT2D eigenvalue weighted by Crippen LogP contribution is 2.53. The van der Waals surface area contributed by atoms with Gasteiger partial charge in [0.2, 0.25) is 0 Å². The molecule has 1 atom stereocenters. The number of hydrogen-bond donors (Lipinski definition) is 3. The fourth-order valence-electron chi connectivity index (χ4n) is 3.36. The van der Waals surface area contributed by atoms with Gasteiger partial charge in [0.15, 0.2) is 0 Å². The fourth-order valence-corrected chi connectivity index (χ4v) is 3.36. The largest absolute Gasteiger partial charge is 0.403 e. The lowest BCUT2D eigenvalue weighted by Crippen LogP contribution is -2.53. The van der Waals surface area contributed by atoms with Gasteiger partial charge in [0.25, 0.3) is 5.56 Å². The van der Waals surface area contributed by atoms with Crippen LogP contribution >= 0.6 is 0 Å². The minimum Gasteiger partial charge on any atom is -0.351 e. The quantitative estimate of drug-likeness (QED) is 0.721. The van der Waals surface area contributed by atoms with E-state index in [0.717, 1.165) is 12.1 Å². The molecule has 2 aromatic rings. The molecular weight excluding hydrogens is 350 g/mol. The van der Waals surface area contributed by atoms with Crippen molar-refractivity contribution < 1.29 is 17.6 Å². The van der Waals surface area contributed by atoms with Gasteiger partial charge in [-0.25, -0.2) is 4.39 Å². The zero-order valence-corrected chi connectivity index (χ0v) is 14.3. The Kier molecular flexibility index (Phi) is 4.56. The molecule has 0 amide bonds. The van der Waals surface area contributed by atoms with Crippen LogP contribution < -0.4 is 16.2 Å². The monoisotopic (exact) mass is 369 g/mol. The Morgan fingerprint density at radius 3 is 2.58 bits per heavy atom. The molecule has 1 aliphatic heterocycles. The van der Waals surface area contributed by atoms with E-state index >= 15 is 0 Å². The van der Waals surface area contributed by atoms with Crippen LogP contribution in [-0.2, 0) is 5.41 Å². The van der Waals surface area contributed by atoms with Crippen LogP contribution in [0.3, 0.4) is 0 Å². The summed E-state index contributed by atoms with van der Waals surface area (Å²) >= 11 is 0. The van der Waals surface area contributed by atoms with Gasteiger partial charge in [0.1, 0.15) is 16.9 Å². The first-order valence-corrected chi connectivity index (χ1v) is 8.23. The van der Waals surface area contributed by atoms with E-state index in [1.807, 2.05) is 13.8 Å². The van der Waals surface area contributed by atoms with Gasteiger partial charge in [-0.1, -0.05) is 13.8 Å². The molecule has 1 unspecified atom stereocenters. The molecule has 1 aliphatic rings. The molecular formula is C18H19F4N3O. The zero-order chi connectivity index (χ0) is 19.1. The van der Waals surface area contributed by atoms with Crippen LogP contribution in [0, 0.1) is 11.7 Å². The summed E-state index contributed by atoms with van der Waals surface area (Å²) in [7, 11) is 0. The average molecular weight is 369 g/mol. The lowest BCUT2D eigenvalue weighted by atomic mass is 9.70. The van der Waals surface area contributed by atoms with Crippen LogP contribution in [0.25, 0.3) is 0 Å². The van der Waals surface area contributed by atoms with Crippen molar-refractivity contribution in [2.24, 2.45) is 5.92 Å². The van der Waals surface area contributed by atoms with Crippen LogP contribution in [-0.4, -0.2) is 24.2 Å². The number of pyridine rings is 1. The van der Waals surface area contributed by atoms with Crippen LogP contribution in [0.15, 0.2) is 35.3 Å². The highest BCUT2D eigenvalue weighted by atomic mass is 19.4. The Balaban J connectivity index is 2.29. The van der Waals surface area contributed by atoms with Crippen LogP contribution in [0.5, 0.6) is 0 Å². The Hall–Kier alpha value is -2.35. The number of rotatable bonds is 4. The third-order valence-electron chi connectivity index (χ3n) is 4.55. The molecule has 8 heteroatoms. The molecule has 3 rings (SSSR count). The standard InChI is InChI=1S/C18H19F4N3O/c1-10(2)8-23-9-17(18(20,21)22)12-5-6-24-16(26)15(12)25-14-4-3-11(19)7-13(14)17/h3-7,10,23,25H,8-9H2,1-2H3,(H,24,26). The minimum absolute atomic E-state index is 0.0688. The smallest absolute Gasteiger partial charge is 0.351 e. The summed E-state index contributed by atoms with van der Waals surface area (Å²) in [6, 6.07) is 4.40. The Labute approximate surface area is 147 Å². The predicted molar refractivity (Wildman–Crippen MR) is 91.3 cm³/mol. The van der Waals surface area contributed by atoms with Gasteiger partial charge >= 0.3 is 6.18 Å². The maximum Gasteiger partial charge on any atom is 0.403 e. The molecule has 0 radical (unpaired) electrons. The van der Waals surface area contributed by atoms with Crippen molar-refractivity contribution in [3.05, 3.63) is 57.8 Å². The van der Waals surface area contributed by atoms with Crippen LogP contribution in [0.2, 0.25) is 0 Å². The van der Waals surface area contributed by atoms with E-state index in [-0.39, 0.29) is 28.4 Å². The Bertz CT molecular complexity index is 875. The first-order chi connectivity index (χ1) is 12.2. The van der Waals surface area contributed by atoms with Gasteiger partial charge in [0, 0.05) is 24.0 Å². The van der Waals surface area contributed by atoms with E-state index in [2.05, 4.69) is 15.6 Å². The number of H-pyrrole nitrogens is 1. The molecule has 4 nitrogen and oxygen atoms in total. The summed E-state index contributed by atoms with van der Waals surface area (Å²) in [6.45, 7) is 3.61. The van der Waals surface area contributed by atoms with E-state index in [9.17, 15) is 22.4 Å². The van der Waals surface area contributed by atoms with E-state index in [0.29, 0.717) is 6.54 Å². The van der Waals surface area contributed by atoms with Crippen molar-refractivity contribution in [2.45, 2.75) is 25.4 Å². The second-order valence-electron chi connectivity index (χ2n) is 6.84. The SMILES string of the molecule is CC(C)CNCC1(C(F)(F)F)c2cc(F)ccc2Nc2c1cc[nH]c2=O. The molecule has 2 heterocycles. The third kappa shape index (κ3) is 2.88. The van der Waals surface area contributed by atoms with Gasteiger partial charge in [-0.15, -0.1) is 0 Å². The Morgan fingerprint density at radius 1 is 1.19 bits per heavy atom. The first kappa shape index (κ1) is 18.4. The van der Waals surface area contributed by atoms with Crippen molar-refractivity contribution in [2.75, 3.05) is 18.4 Å². The maximum atomic E-state index is 14.4. The fraction of sp³-hybridized carbons (Fsp3) is 0.389. The summed E-state index contributed by atoms with van der Waals surface area (Å²) in [5, 5.41) is 5.56.